The number of hydrogen-bond donors (Lipinski definition) is 2. The van der Waals surface area contributed by atoms with Crippen molar-refractivity contribution in [3.05, 3.63) is 48.4 Å². The fourth-order valence-electron chi connectivity index (χ4n) is 3.11. The fraction of sp³-hybridized carbons (Fsp3) is 0.412. The summed E-state index contributed by atoms with van der Waals surface area (Å²) in [4.78, 5) is 16.4. The summed E-state index contributed by atoms with van der Waals surface area (Å²) in [5.74, 6) is 1.82. The quantitative estimate of drug-likeness (QED) is 0.832. The van der Waals surface area contributed by atoms with Crippen LogP contribution in [-0.2, 0) is 4.79 Å². The molecule has 4 nitrogen and oxygen atoms in total. The van der Waals surface area contributed by atoms with Crippen molar-refractivity contribution in [3.63, 3.8) is 0 Å². The lowest BCUT2D eigenvalue weighted by atomic mass is 9.81. The first-order chi connectivity index (χ1) is 10.3. The molecular formula is C17H19N3O. The van der Waals surface area contributed by atoms with Crippen LogP contribution in [0.1, 0.15) is 19.3 Å². The highest BCUT2D eigenvalue weighted by Gasteiger charge is 2.31. The van der Waals surface area contributed by atoms with Gasteiger partial charge < -0.3 is 10.6 Å². The van der Waals surface area contributed by atoms with Gasteiger partial charge in [0.25, 0.3) is 0 Å². The second-order valence-corrected chi connectivity index (χ2v) is 6.10. The molecule has 0 aromatic rings. The monoisotopic (exact) mass is 281 g/mol. The van der Waals surface area contributed by atoms with E-state index >= 15 is 0 Å². The number of hydrogen-bond acceptors (Lipinski definition) is 3. The molecule has 1 saturated carbocycles. The van der Waals surface area contributed by atoms with Crippen molar-refractivity contribution in [1.29, 1.82) is 0 Å². The number of carbonyl (C=O) groups is 1. The van der Waals surface area contributed by atoms with Crippen LogP contribution >= 0.6 is 0 Å². The van der Waals surface area contributed by atoms with E-state index in [-0.39, 0.29) is 11.8 Å². The van der Waals surface area contributed by atoms with Gasteiger partial charge in [-0.3, -0.25) is 4.79 Å². The van der Waals surface area contributed by atoms with Crippen molar-refractivity contribution in [2.45, 2.75) is 25.3 Å². The third kappa shape index (κ3) is 2.46. The molecule has 21 heavy (non-hydrogen) atoms. The van der Waals surface area contributed by atoms with Gasteiger partial charge in [0.1, 0.15) is 5.84 Å². The van der Waals surface area contributed by atoms with Crippen LogP contribution in [0.3, 0.4) is 0 Å². The van der Waals surface area contributed by atoms with E-state index in [4.69, 9.17) is 0 Å². The van der Waals surface area contributed by atoms with Crippen LogP contribution in [0, 0.1) is 17.8 Å². The molecule has 0 radical (unpaired) electrons. The number of aliphatic imine (C=N–C) groups is 1. The zero-order valence-electron chi connectivity index (χ0n) is 11.8. The Hall–Kier alpha value is -2.10. The topological polar surface area (TPSA) is 53.5 Å². The fourth-order valence-corrected chi connectivity index (χ4v) is 3.11. The van der Waals surface area contributed by atoms with Crippen LogP contribution in [0.15, 0.2) is 53.3 Å². The first kappa shape index (κ1) is 12.6. The van der Waals surface area contributed by atoms with Crippen molar-refractivity contribution in [3.8, 4) is 0 Å². The van der Waals surface area contributed by atoms with E-state index in [0.29, 0.717) is 17.9 Å². The Balaban J connectivity index is 1.44. The third-order valence-corrected chi connectivity index (χ3v) is 4.52. The highest BCUT2D eigenvalue weighted by atomic mass is 16.1. The minimum Gasteiger partial charge on any atom is -0.353 e. The second kappa shape index (κ2) is 5.02. The molecule has 4 aliphatic rings. The molecule has 108 valence electrons. The maximum absolute atomic E-state index is 12.1. The predicted octanol–water partition coefficient (Wildman–Crippen LogP) is 2.04. The van der Waals surface area contributed by atoms with Crippen molar-refractivity contribution >= 4 is 11.7 Å². The van der Waals surface area contributed by atoms with Gasteiger partial charge in [-0.05, 0) is 31.0 Å². The Morgan fingerprint density at radius 2 is 2.14 bits per heavy atom. The highest BCUT2D eigenvalue weighted by Crippen LogP contribution is 2.33. The molecule has 0 aromatic carbocycles. The molecule has 1 fully saturated rings. The van der Waals surface area contributed by atoms with Crippen LogP contribution in [-0.4, -0.2) is 17.8 Å². The molecule has 2 heterocycles. The molecule has 0 aromatic heterocycles. The highest BCUT2D eigenvalue weighted by molar-refractivity contribution is 5.91. The third-order valence-electron chi connectivity index (χ3n) is 4.52. The Morgan fingerprint density at radius 1 is 1.24 bits per heavy atom. The molecule has 2 aliphatic heterocycles. The smallest absolute Gasteiger partial charge is 0.227 e. The number of amidine groups is 1. The molecule has 0 saturated heterocycles. The molecule has 4 heteroatoms. The summed E-state index contributed by atoms with van der Waals surface area (Å²) in [6.45, 7) is 0. The second-order valence-electron chi connectivity index (χ2n) is 6.10. The number of allylic oxidation sites excluding steroid dienone is 4. The van der Waals surface area contributed by atoms with E-state index in [1.54, 1.807) is 0 Å². The van der Waals surface area contributed by atoms with Gasteiger partial charge in [-0.2, -0.15) is 0 Å². The van der Waals surface area contributed by atoms with E-state index < -0.39 is 0 Å². The van der Waals surface area contributed by atoms with E-state index in [9.17, 15) is 4.79 Å². The molecule has 2 aliphatic carbocycles. The standard InChI is InChI=1S/C17H19N3O/c21-17(20-13-5-6-13)12-3-1-11(2-4-12)14-7-9-18-16-15(14)8-10-19-16/h1-3,7-10,12-15H,4-6H2,(H,18,19)(H,20,21). The maximum atomic E-state index is 12.1. The summed E-state index contributed by atoms with van der Waals surface area (Å²) in [6, 6.07) is 0.436. The number of carbonyl (C=O) groups excluding carboxylic acids is 1. The number of nitrogens with one attached hydrogen (secondary N) is 2. The van der Waals surface area contributed by atoms with Crippen LogP contribution in [0.2, 0.25) is 0 Å². The largest absolute Gasteiger partial charge is 0.353 e. The summed E-state index contributed by atoms with van der Waals surface area (Å²) in [5.41, 5.74) is 1.28. The van der Waals surface area contributed by atoms with Gasteiger partial charge in [-0.25, -0.2) is 4.99 Å². The molecule has 1 amide bonds. The SMILES string of the molecule is O=C(NC1CC1)C1C=CC(C2C=CN=C3NC=CC32)=CC1. The van der Waals surface area contributed by atoms with Crippen molar-refractivity contribution in [2.75, 3.05) is 0 Å². The molecule has 3 atom stereocenters. The van der Waals surface area contributed by atoms with Gasteiger partial charge in [0.15, 0.2) is 0 Å². The summed E-state index contributed by atoms with van der Waals surface area (Å²) in [7, 11) is 0. The molecular weight excluding hydrogens is 262 g/mol. The molecule has 0 bridgehead atoms. The van der Waals surface area contributed by atoms with E-state index in [2.05, 4.69) is 46.0 Å². The summed E-state index contributed by atoms with van der Waals surface area (Å²) in [5, 5.41) is 6.27. The van der Waals surface area contributed by atoms with Crippen LogP contribution in [0.25, 0.3) is 0 Å². The van der Waals surface area contributed by atoms with Crippen molar-refractivity contribution in [2.24, 2.45) is 22.7 Å². The van der Waals surface area contributed by atoms with E-state index in [1.165, 1.54) is 5.57 Å². The van der Waals surface area contributed by atoms with E-state index in [1.807, 2.05) is 12.4 Å². The average Bonchev–Trinajstić information content (AvgIpc) is 3.20. The van der Waals surface area contributed by atoms with Crippen molar-refractivity contribution < 1.29 is 4.79 Å². The number of rotatable bonds is 3. The predicted molar refractivity (Wildman–Crippen MR) is 82.3 cm³/mol. The Labute approximate surface area is 124 Å². The molecule has 4 rings (SSSR count). The van der Waals surface area contributed by atoms with Gasteiger partial charge in [-0.15, -0.1) is 0 Å². The normalized spacial score (nSPS) is 33.0. The lowest BCUT2D eigenvalue weighted by molar-refractivity contribution is -0.123. The first-order valence-electron chi connectivity index (χ1n) is 7.67. The van der Waals surface area contributed by atoms with Gasteiger partial charge in [0, 0.05) is 24.1 Å². The van der Waals surface area contributed by atoms with E-state index in [0.717, 1.165) is 25.1 Å². The summed E-state index contributed by atoms with van der Waals surface area (Å²) < 4.78 is 0. The van der Waals surface area contributed by atoms with Gasteiger partial charge in [-0.1, -0.05) is 30.4 Å². The number of nitrogens with zero attached hydrogens (tertiary/aromatic N) is 1. The van der Waals surface area contributed by atoms with Gasteiger partial charge >= 0.3 is 0 Å². The lowest BCUT2D eigenvalue weighted by Crippen LogP contribution is -2.32. The Morgan fingerprint density at radius 3 is 2.90 bits per heavy atom. The average molecular weight is 281 g/mol. The molecule has 3 unspecified atom stereocenters. The Bertz CT molecular complexity index is 608. The summed E-state index contributed by atoms with van der Waals surface area (Å²) in [6.07, 6.45) is 17.6. The van der Waals surface area contributed by atoms with Crippen LogP contribution < -0.4 is 10.6 Å². The van der Waals surface area contributed by atoms with Gasteiger partial charge in [0.05, 0.1) is 5.92 Å². The maximum Gasteiger partial charge on any atom is 0.227 e. The lowest BCUT2D eigenvalue weighted by Gasteiger charge is -2.26. The zero-order chi connectivity index (χ0) is 14.2. The van der Waals surface area contributed by atoms with Crippen molar-refractivity contribution in [1.82, 2.24) is 10.6 Å². The number of fused-ring (bicyclic) bond motifs is 1. The Kier molecular flexibility index (Phi) is 3.02. The number of amides is 1. The van der Waals surface area contributed by atoms with Crippen LogP contribution in [0.4, 0.5) is 0 Å². The molecule has 2 N–H and O–H groups in total. The minimum atomic E-state index is -0.00713. The zero-order valence-corrected chi connectivity index (χ0v) is 11.8. The van der Waals surface area contributed by atoms with Crippen LogP contribution in [0.5, 0.6) is 0 Å². The molecule has 0 spiro atoms. The van der Waals surface area contributed by atoms with Gasteiger partial charge in [0.2, 0.25) is 5.91 Å². The minimum absolute atomic E-state index is 0.00713. The first-order valence-corrected chi connectivity index (χ1v) is 7.67. The summed E-state index contributed by atoms with van der Waals surface area (Å²) >= 11 is 0.